The number of likely N-dealkylation sites (tertiary alicyclic amines) is 1. The van der Waals surface area contributed by atoms with Crippen LogP contribution in [0.4, 0.5) is 0 Å². The first-order valence-electron chi connectivity index (χ1n) is 10.4. The molecule has 2 aromatic carbocycles. The predicted molar refractivity (Wildman–Crippen MR) is 115 cm³/mol. The number of rotatable bonds is 5. The van der Waals surface area contributed by atoms with Crippen LogP contribution in [-0.2, 0) is 4.79 Å². The highest BCUT2D eigenvalue weighted by Gasteiger charge is 2.34. The molecular formula is C24H29N3O2. The van der Waals surface area contributed by atoms with Crippen molar-refractivity contribution in [2.24, 2.45) is 5.10 Å². The van der Waals surface area contributed by atoms with E-state index in [2.05, 4.69) is 36.9 Å². The molecule has 2 aromatic rings. The SMILES string of the molecule is COc1ccc(C2CC(c3ccc(C)cc3C)=NN2C(=O)CN2CCCC2)cc1. The zero-order chi connectivity index (χ0) is 20.4. The summed E-state index contributed by atoms with van der Waals surface area (Å²) < 4.78 is 5.30. The number of aryl methyl sites for hydroxylation is 2. The van der Waals surface area contributed by atoms with Crippen molar-refractivity contribution >= 4 is 11.6 Å². The van der Waals surface area contributed by atoms with Crippen molar-refractivity contribution in [2.75, 3.05) is 26.7 Å². The van der Waals surface area contributed by atoms with Gasteiger partial charge >= 0.3 is 0 Å². The Kier molecular flexibility index (Phi) is 5.67. The second-order valence-corrected chi connectivity index (χ2v) is 8.08. The zero-order valence-corrected chi connectivity index (χ0v) is 17.5. The van der Waals surface area contributed by atoms with Gasteiger partial charge in [0.05, 0.1) is 25.4 Å². The Hall–Kier alpha value is -2.66. The highest BCUT2D eigenvalue weighted by Crippen LogP contribution is 2.34. The Morgan fingerprint density at radius 2 is 1.83 bits per heavy atom. The molecule has 0 saturated carbocycles. The summed E-state index contributed by atoms with van der Waals surface area (Å²) in [5.74, 6) is 0.893. The van der Waals surface area contributed by atoms with Crippen LogP contribution in [0.25, 0.3) is 0 Å². The van der Waals surface area contributed by atoms with Crippen LogP contribution in [0.1, 0.15) is 47.6 Å². The fourth-order valence-electron chi connectivity index (χ4n) is 4.33. The van der Waals surface area contributed by atoms with E-state index in [0.717, 1.165) is 42.1 Å². The van der Waals surface area contributed by atoms with Crippen LogP contribution in [0, 0.1) is 13.8 Å². The highest BCUT2D eigenvalue weighted by molar-refractivity contribution is 6.04. The number of nitrogens with zero attached hydrogens (tertiary/aromatic N) is 3. The average molecular weight is 392 g/mol. The second-order valence-electron chi connectivity index (χ2n) is 8.08. The van der Waals surface area contributed by atoms with Gasteiger partial charge < -0.3 is 4.74 Å². The number of carbonyl (C=O) groups excluding carboxylic acids is 1. The zero-order valence-electron chi connectivity index (χ0n) is 17.5. The number of hydrogen-bond acceptors (Lipinski definition) is 4. The van der Waals surface area contributed by atoms with Crippen LogP contribution in [0.3, 0.4) is 0 Å². The fourth-order valence-corrected chi connectivity index (χ4v) is 4.33. The molecule has 0 aromatic heterocycles. The summed E-state index contributed by atoms with van der Waals surface area (Å²) in [7, 11) is 1.66. The first-order chi connectivity index (χ1) is 14.0. The molecule has 1 atom stereocenters. The summed E-state index contributed by atoms with van der Waals surface area (Å²) >= 11 is 0. The van der Waals surface area contributed by atoms with E-state index < -0.39 is 0 Å². The minimum atomic E-state index is -0.0771. The van der Waals surface area contributed by atoms with Crippen LogP contribution in [0.5, 0.6) is 5.75 Å². The number of methoxy groups -OCH3 is 1. The Morgan fingerprint density at radius 1 is 1.10 bits per heavy atom. The molecule has 4 rings (SSSR count). The molecule has 5 heteroatoms. The molecule has 2 aliphatic heterocycles. The predicted octanol–water partition coefficient (Wildman–Crippen LogP) is 4.09. The van der Waals surface area contributed by atoms with Crippen molar-refractivity contribution in [3.8, 4) is 5.75 Å². The number of hydrazone groups is 1. The van der Waals surface area contributed by atoms with Crippen LogP contribution >= 0.6 is 0 Å². The lowest BCUT2D eigenvalue weighted by atomic mass is 9.95. The van der Waals surface area contributed by atoms with Gasteiger partial charge in [0.2, 0.25) is 0 Å². The Bertz CT molecular complexity index is 914. The van der Waals surface area contributed by atoms with E-state index >= 15 is 0 Å². The van der Waals surface area contributed by atoms with E-state index in [-0.39, 0.29) is 11.9 Å². The summed E-state index contributed by atoms with van der Waals surface area (Å²) in [6.07, 6.45) is 3.07. The van der Waals surface area contributed by atoms with Crippen LogP contribution < -0.4 is 4.74 Å². The van der Waals surface area contributed by atoms with Gasteiger partial charge in [0.25, 0.3) is 5.91 Å². The number of ether oxygens (including phenoxy) is 1. The van der Waals surface area contributed by atoms with Crippen molar-refractivity contribution in [1.29, 1.82) is 0 Å². The van der Waals surface area contributed by atoms with E-state index in [1.807, 2.05) is 24.3 Å². The van der Waals surface area contributed by atoms with E-state index in [1.54, 1.807) is 12.1 Å². The normalized spacial score (nSPS) is 19.5. The van der Waals surface area contributed by atoms with Gasteiger partial charge in [0.1, 0.15) is 5.75 Å². The lowest BCUT2D eigenvalue weighted by Crippen LogP contribution is -2.36. The summed E-state index contributed by atoms with van der Waals surface area (Å²) in [5, 5.41) is 6.55. The van der Waals surface area contributed by atoms with Crippen molar-refractivity contribution in [3.05, 3.63) is 64.7 Å². The van der Waals surface area contributed by atoms with Crippen LogP contribution in [0.2, 0.25) is 0 Å². The van der Waals surface area contributed by atoms with Gasteiger partial charge in [-0.1, -0.05) is 35.9 Å². The molecule has 0 aliphatic carbocycles. The summed E-state index contributed by atoms with van der Waals surface area (Å²) in [4.78, 5) is 15.4. The third kappa shape index (κ3) is 4.20. The molecule has 0 bridgehead atoms. The number of amides is 1. The van der Waals surface area contributed by atoms with E-state index in [9.17, 15) is 4.79 Å². The Balaban J connectivity index is 1.64. The molecule has 152 valence electrons. The molecule has 1 unspecified atom stereocenters. The molecule has 0 radical (unpaired) electrons. The molecule has 1 amide bonds. The standard InChI is InChI=1S/C24H29N3O2/c1-17-6-11-21(18(2)14-17)22-15-23(19-7-9-20(29-3)10-8-19)27(25-22)24(28)16-26-12-4-5-13-26/h6-11,14,23H,4-5,12-13,15-16H2,1-3H3. The molecule has 1 saturated heterocycles. The third-order valence-electron chi connectivity index (χ3n) is 5.92. The minimum Gasteiger partial charge on any atom is -0.497 e. The highest BCUT2D eigenvalue weighted by atomic mass is 16.5. The maximum atomic E-state index is 13.2. The summed E-state index contributed by atoms with van der Waals surface area (Å²) in [6.45, 7) is 6.65. The van der Waals surface area contributed by atoms with E-state index in [1.165, 1.54) is 24.0 Å². The molecule has 29 heavy (non-hydrogen) atoms. The number of hydrogen-bond donors (Lipinski definition) is 0. The largest absolute Gasteiger partial charge is 0.497 e. The second kappa shape index (κ2) is 8.37. The van der Waals surface area contributed by atoms with Crippen molar-refractivity contribution in [1.82, 2.24) is 9.91 Å². The molecule has 2 aliphatic rings. The van der Waals surface area contributed by atoms with E-state index in [4.69, 9.17) is 9.84 Å². The van der Waals surface area contributed by atoms with Gasteiger partial charge in [-0.25, -0.2) is 5.01 Å². The van der Waals surface area contributed by atoms with Gasteiger partial charge in [0, 0.05) is 12.0 Å². The topological polar surface area (TPSA) is 45.1 Å². The molecule has 0 N–H and O–H groups in total. The van der Waals surface area contributed by atoms with Gasteiger partial charge in [-0.2, -0.15) is 5.10 Å². The first-order valence-corrected chi connectivity index (χ1v) is 10.4. The monoisotopic (exact) mass is 391 g/mol. The Morgan fingerprint density at radius 3 is 2.48 bits per heavy atom. The average Bonchev–Trinajstić information content (AvgIpc) is 3.38. The van der Waals surface area contributed by atoms with Crippen molar-refractivity contribution in [3.63, 3.8) is 0 Å². The quantitative estimate of drug-likeness (QED) is 0.771. The molecule has 0 spiro atoms. The van der Waals surface area contributed by atoms with Crippen LogP contribution in [0.15, 0.2) is 47.6 Å². The van der Waals surface area contributed by atoms with Gasteiger partial charge in [0.15, 0.2) is 0 Å². The van der Waals surface area contributed by atoms with Gasteiger partial charge in [-0.3, -0.25) is 9.69 Å². The minimum absolute atomic E-state index is 0.0764. The molecular weight excluding hydrogens is 362 g/mol. The first kappa shape index (κ1) is 19.6. The van der Waals surface area contributed by atoms with Gasteiger partial charge in [-0.05, 0) is 63.0 Å². The third-order valence-corrected chi connectivity index (χ3v) is 5.92. The summed E-state index contributed by atoms with van der Waals surface area (Å²) in [5.41, 5.74) is 5.64. The van der Waals surface area contributed by atoms with Crippen molar-refractivity contribution < 1.29 is 9.53 Å². The Labute approximate surface area is 173 Å². The maximum Gasteiger partial charge on any atom is 0.257 e. The number of benzene rings is 2. The maximum absolute atomic E-state index is 13.2. The smallest absolute Gasteiger partial charge is 0.257 e. The number of carbonyl (C=O) groups is 1. The lowest BCUT2D eigenvalue weighted by Gasteiger charge is -2.24. The summed E-state index contributed by atoms with van der Waals surface area (Å²) in [6, 6.07) is 14.3. The van der Waals surface area contributed by atoms with E-state index in [0.29, 0.717) is 6.54 Å². The lowest BCUT2D eigenvalue weighted by molar-refractivity contribution is -0.134. The molecule has 2 heterocycles. The molecule has 5 nitrogen and oxygen atoms in total. The van der Waals surface area contributed by atoms with Crippen molar-refractivity contribution in [2.45, 2.75) is 39.2 Å². The van der Waals surface area contributed by atoms with Crippen LogP contribution in [-0.4, -0.2) is 48.3 Å². The molecule has 1 fully saturated rings. The fraction of sp³-hybridized carbons (Fsp3) is 0.417. The van der Waals surface area contributed by atoms with Gasteiger partial charge in [-0.15, -0.1) is 0 Å².